The van der Waals surface area contributed by atoms with Crippen molar-refractivity contribution in [1.29, 1.82) is 0 Å². The summed E-state index contributed by atoms with van der Waals surface area (Å²) in [5, 5.41) is 7.49. The third-order valence-corrected chi connectivity index (χ3v) is 5.80. The van der Waals surface area contributed by atoms with Crippen LogP contribution in [0.4, 0.5) is 13.2 Å². The molecule has 2 aromatic carbocycles. The van der Waals surface area contributed by atoms with Crippen molar-refractivity contribution in [2.45, 2.75) is 17.5 Å². The van der Waals surface area contributed by atoms with Crippen LogP contribution in [-0.4, -0.2) is 40.6 Å². The number of nitrogens with one attached hydrogen (secondary N) is 1. The van der Waals surface area contributed by atoms with Gasteiger partial charge >= 0.3 is 16.3 Å². The predicted octanol–water partition coefficient (Wildman–Crippen LogP) is 3.01. The number of alkyl halides is 3. The van der Waals surface area contributed by atoms with E-state index < -0.39 is 32.7 Å². The molecule has 0 aliphatic rings. The van der Waals surface area contributed by atoms with Gasteiger partial charge in [-0.2, -0.15) is 31.7 Å². The summed E-state index contributed by atoms with van der Waals surface area (Å²) < 4.78 is 73.4. The molecule has 1 N–H and O–H groups in total. The minimum Gasteiger partial charge on any atom is -0.378 e. The lowest BCUT2D eigenvalue weighted by Gasteiger charge is -2.11. The second-order valence-electron chi connectivity index (χ2n) is 7.17. The van der Waals surface area contributed by atoms with Crippen LogP contribution >= 0.6 is 0 Å². The molecule has 1 amide bonds. The highest BCUT2D eigenvalue weighted by molar-refractivity contribution is 7.87. The van der Waals surface area contributed by atoms with E-state index in [1.807, 2.05) is 0 Å². The number of hydrazone groups is 1. The number of amides is 1. The minimum atomic E-state index is -4.61. The van der Waals surface area contributed by atoms with Gasteiger partial charge < -0.3 is 8.71 Å². The number of rotatable bonds is 8. The fourth-order valence-corrected chi connectivity index (χ4v) is 3.79. The molecule has 2 aromatic heterocycles. The summed E-state index contributed by atoms with van der Waals surface area (Å²) in [6.45, 7) is 0. The SMILES string of the molecule is O=C(Cc1nc(-c2cnccn2)no1)NN=Cc1ccccc1OS(=O)(=O)c1ccc(C(F)(F)F)cc1. The second kappa shape index (κ2) is 10.5. The average molecular weight is 532 g/mol. The summed E-state index contributed by atoms with van der Waals surface area (Å²) in [6, 6.07) is 8.68. The van der Waals surface area contributed by atoms with Crippen LogP contribution in [0.5, 0.6) is 5.75 Å². The van der Waals surface area contributed by atoms with Crippen molar-refractivity contribution in [2.24, 2.45) is 5.10 Å². The Hall–Kier alpha value is -4.66. The molecule has 0 aliphatic heterocycles. The van der Waals surface area contributed by atoms with E-state index in [0.29, 0.717) is 17.8 Å². The smallest absolute Gasteiger partial charge is 0.378 e. The number of nitrogens with zero attached hydrogens (tertiary/aromatic N) is 5. The maximum Gasteiger partial charge on any atom is 0.416 e. The predicted molar refractivity (Wildman–Crippen MR) is 120 cm³/mol. The second-order valence-corrected chi connectivity index (χ2v) is 8.72. The molecule has 0 radical (unpaired) electrons. The van der Waals surface area contributed by atoms with Crippen molar-refractivity contribution in [3.63, 3.8) is 0 Å². The Bertz CT molecular complexity index is 1520. The van der Waals surface area contributed by atoms with Gasteiger partial charge in [-0.15, -0.1) is 0 Å². The lowest BCUT2D eigenvalue weighted by atomic mass is 10.2. The lowest BCUT2D eigenvalue weighted by molar-refractivity contribution is -0.137. The first-order chi connectivity index (χ1) is 17.6. The molecule has 0 unspecified atom stereocenters. The Morgan fingerprint density at radius 3 is 2.57 bits per heavy atom. The van der Waals surface area contributed by atoms with Crippen molar-refractivity contribution < 1.29 is 35.1 Å². The highest BCUT2D eigenvalue weighted by Gasteiger charge is 2.31. The third-order valence-electron chi connectivity index (χ3n) is 4.55. The monoisotopic (exact) mass is 532 g/mol. The molecule has 0 atom stereocenters. The molecular formula is C22H15F3N6O5S. The molecule has 0 fully saturated rings. The van der Waals surface area contributed by atoms with Crippen molar-refractivity contribution in [3.05, 3.63) is 84.1 Å². The van der Waals surface area contributed by atoms with E-state index in [1.165, 1.54) is 36.8 Å². The molecule has 4 rings (SSSR count). The zero-order chi connectivity index (χ0) is 26.5. The molecule has 11 nitrogen and oxygen atoms in total. The fraction of sp³-hybridized carbons (Fsp3) is 0.0909. The summed E-state index contributed by atoms with van der Waals surface area (Å²) >= 11 is 0. The van der Waals surface area contributed by atoms with Crippen LogP contribution < -0.4 is 9.61 Å². The van der Waals surface area contributed by atoms with Crippen LogP contribution in [0.3, 0.4) is 0 Å². The molecule has 0 spiro atoms. The van der Waals surface area contributed by atoms with Gasteiger partial charge in [-0.1, -0.05) is 17.3 Å². The molecular weight excluding hydrogens is 517 g/mol. The maximum absolute atomic E-state index is 12.7. The largest absolute Gasteiger partial charge is 0.416 e. The molecule has 37 heavy (non-hydrogen) atoms. The maximum atomic E-state index is 12.7. The van der Waals surface area contributed by atoms with Gasteiger partial charge in [0.1, 0.15) is 17.0 Å². The zero-order valence-corrected chi connectivity index (χ0v) is 19.3. The van der Waals surface area contributed by atoms with E-state index in [4.69, 9.17) is 8.71 Å². The summed E-state index contributed by atoms with van der Waals surface area (Å²) in [4.78, 5) is 23.6. The van der Waals surface area contributed by atoms with Crippen LogP contribution in [0.15, 0.2) is 81.6 Å². The van der Waals surface area contributed by atoms with E-state index in [2.05, 4.69) is 30.6 Å². The number of hydrogen-bond acceptors (Lipinski definition) is 10. The Kier molecular flexibility index (Phi) is 7.24. The number of hydrogen-bond donors (Lipinski definition) is 1. The minimum absolute atomic E-state index is 0.000258. The van der Waals surface area contributed by atoms with Crippen molar-refractivity contribution in [1.82, 2.24) is 25.5 Å². The fourth-order valence-electron chi connectivity index (χ4n) is 2.84. The first-order valence-corrected chi connectivity index (χ1v) is 11.6. The van der Waals surface area contributed by atoms with Gasteiger partial charge in [-0.05, 0) is 36.4 Å². The Balaban J connectivity index is 1.40. The van der Waals surface area contributed by atoms with Crippen molar-refractivity contribution in [2.75, 3.05) is 0 Å². The molecule has 0 saturated carbocycles. The number of halogens is 3. The number of benzene rings is 2. The Labute approximate surface area is 207 Å². The molecule has 2 heterocycles. The first-order valence-electron chi connectivity index (χ1n) is 10.2. The van der Waals surface area contributed by atoms with Gasteiger partial charge in [0.15, 0.2) is 5.75 Å². The summed E-state index contributed by atoms with van der Waals surface area (Å²) in [7, 11) is -4.45. The number of aromatic nitrogens is 4. The number of para-hydroxylation sites is 1. The first kappa shape index (κ1) is 25.4. The Morgan fingerprint density at radius 1 is 1.11 bits per heavy atom. The molecule has 0 bridgehead atoms. The van der Waals surface area contributed by atoms with Gasteiger partial charge in [0.25, 0.3) is 0 Å². The van der Waals surface area contributed by atoms with Crippen LogP contribution in [-0.2, 0) is 27.5 Å². The highest BCUT2D eigenvalue weighted by atomic mass is 32.2. The van der Waals surface area contributed by atoms with Crippen molar-refractivity contribution >= 4 is 22.2 Å². The van der Waals surface area contributed by atoms with E-state index in [-0.39, 0.29) is 29.4 Å². The zero-order valence-electron chi connectivity index (χ0n) is 18.5. The average Bonchev–Trinajstić information content (AvgIpc) is 3.33. The normalized spacial score (nSPS) is 12.0. The highest BCUT2D eigenvalue weighted by Crippen LogP contribution is 2.30. The van der Waals surface area contributed by atoms with Crippen LogP contribution in [0, 0.1) is 0 Å². The molecule has 0 saturated heterocycles. The molecule has 0 aliphatic carbocycles. The molecule has 4 aromatic rings. The van der Waals surface area contributed by atoms with E-state index in [1.54, 1.807) is 6.07 Å². The van der Waals surface area contributed by atoms with Gasteiger partial charge in [-0.25, -0.2) is 10.4 Å². The van der Waals surface area contributed by atoms with E-state index >= 15 is 0 Å². The van der Waals surface area contributed by atoms with Crippen LogP contribution in [0.25, 0.3) is 11.5 Å². The number of carbonyl (C=O) groups is 1. The van der Waals surface area contributed by atoms with Crippen molar-refractivity contribution in [3.8, 4) is 17.3 Å². The Morgan fingerprint density at radius 2 is 1.86 bits per heavy atom. The van der Waals surface area contributed by atoms with Crippen LogP contribution in [0.2, 0.25) is 0 Å². The third kappa shape index (κ3) is 6.52. The summed E-state index contributed by atoms with van der Waals surface area (Å²) in [6.07, 6.45) is 0.571. The van der Waals surface area contributed by atoms with E-state index in [0.717, 1.165) is 18.3 Å². The van der Waals surface area contributed by atoms with Gasteiger partial charge in [-0.3, -0.25) is 9.78 Å². The molecule has 15 heteroatoms. The van der Waals surface area contributed by atoms with E-state index in [9.17, 15) is 26.4 Å². The summed E-state index contributed by atoms with van der Waals surface area (Å²) in [5.41, 5.74) is 1.76. The summed E-state index contributed by atoms with van der Waals surface area (Å²) in [5.74, 6) is -0.619. The van der Waals surface area contributed by atoms with Gasteiger partial charge in [0.2, 0.25) is 17.6 Å². The quantitative estimate of drug-likeness (QED) is 0.205. The number of carbonyl (C=O) groups excluding carboxylic acids is 1. The molecule has 190 valence electrons. The van der Waals surface area contributed by atoms with Crippen LogP contribution in [0.1, 0.15) is 17.0 Å². The van der Waals surface area contributed by atoms with Gasteiger partial charge in [0.05, 0.1) is 18.0 Å². The lowest BCUT2D eigenvalue weighted by Crippen LogP contribution is -2.20. The van der Waals surface area contributed by atoms with Gasteiger partial charge in [0, 0.05) is 18.0 Å². The standard InChI is InChI=1S/C22H15F3N6O5S/c23-22(24,25)15-5-7-16(8-6-15)37(33,34)36-18-4-2-1-3-14(18)12-28-30-19(32)11-20-29-21(31-35-20)17-13-26-9-10-27-17/h1-10,12-13H,11H2,(H,30,32). The topological polar surface area (TPSA) is 150 Å².